The molecule has 1 aliphatic heterocycles. The van der Waals surface area contributed by atoms with Gasteiger partial charge in [-0.15, -0.1) is 0 Å². The number of sulfonamides is 1. The van der Waals surface area contributed by atoms with Gasteiger partial charge >= 0.3 is 6.18 Å². The zero-order chi connectivity index (χ0) is 25.6. The van der Waals surface area contributed by atoms with Crippen LogP contribution >= 0.6 is 0 Å². The number of halogens is 3. The number of aromatic nitrogens is 1. The Kier molecular flexibility index (Phi) is 8.28. The van der Waals surface area contributed by atoms with Gasteiger partial charge in [-0.1, -0.05) is 18.7 Å². The van der Waals surface area contributed by atoms with Crippen molar-refractivity contribution < 1.29 is 31.2 Å². The number of carbonyl (C=O) groups is 2. The van der Waals surface area contributed by atoms with Crippen molar-refractivity contribution in [1.29, 1.82) is 0 Å². The molecule has 12 heteroatoms. The topological polar surface area (TPSA) is 108 Å². The van der Waals surface area contributed by atoms with Crippen molar-refractivity contribution in [1.82, 2.24) is 19.9 Å². The number of amides is 2. The molecule has 1 aromatic heterocycles. The Hall–Kier alpha value is -3.25. The van der Waals surface area contributed by atoms with E-state index in [-0.39, 0.29) is 37.4 Å². The van der Waals surface area contributed by atoms with Crippen LogP contribution in [0.4, 0.5) is 13.2 Å². The van der Waals surface area contributed by atoms with Crippen LogP contribution < -0.4 is 10.0 Å². The molecule has 1 aliphatic rings. The van der Waals surface area contributed by atoms with E-state index in [2.05, 4.69) is 21.6 Å². The van der Waals surface area contributed by atoms with Gasteiger partial charge in [0.25, 0.3) is 5.91 Å². The van der Waals surface area contributed by atoms with Gasteiger partial charge in [0, 0.05) is 43.0 Å². The highest BCUT2D eigenvalue weighted by Crippen LogP contribution is 2.29. The van der Waals surface area contributed by atoms with Crippen molar-refractivity contribution in [2.24, 2.45) is 0 Å². The van der Waals surface area contributed by atoms with Crippen LogP contribution in [0.1, 0.15) is 40.0 Å². The predicted octanol–water partition coefficient (Wildman–Crippen LogP) is 2.63. The van der Waals surface area contributed by atoms with Gasteiger partial charge in [-0.05, 0) is 42.7 Å². The first-order chi connectivity index (χ1) is 16.5. The fraction of sp³-hybridized carbons (Fsp3) is 0.348. The van der Waals surface area contributed by atoms with Crippen molar-refractivity contribution in [3.8, 4) is 0 Å². The Morgan fingerprint density at radius 1 is 1.17 bits per heavy atom. The molecule has 188 valence electrons. The largest absolute Gasteiger partial charge is 0.416 e. The number of carbonyl (C=O) groups excluding carboxylic acids is 2. The van der Waals surface area contributed by atoms with Crippen LogP contribution in [0, 0.1) is 0 Å². The number of nitrogens with one attached hydrogen (secondary N) is 2. The van der Waals surface area contributed by atoms with Crippen LogP contribution in [0.5, 0.6) is 0 Å². The normalized spacial score (nSPS) is 16.2. The van der Waals surface area contributed by atoms with E-state index in [1.165, 1.54) is 18.3 Å². The van der Waals surface area contributed by atoms with Gasteiger partial charge in [-0.2, -0.15) is 13.2 Å². The second kappa shape index (κ2) is 11.0. The fourth-order valence-corrected chi connectivity index (χ4v) is 4.19. The van der Waals surface area contributed by atoms with E-state index in [9.17, 15) is 31.2 Å². The fourth-order valence-electron chi connectivity index (χ4n) is 3.65. The third-order valence-corrected chi connectivity index (χ3v) is 6.57. The van der Waals surface area contributed by atoms with Crippen molar-refractivity contribution >= 4 is 21.8 Å². The van der Waals surface area contributed by atoms with E-state index in [0.717, 1.165) is 24.0 Å². The molecule has 0 spiro atoms. The van der Waals surface area contributed by atoms with Gasteiger partial charge in [-0.3, -0.25) is 14.6 Å². The van der Waals surface area contributed by atoms with E-state index in [4.69, 9.17) is 0 Å². The number of hydrogen-bond donors (Lipinski definition) is 2. The van der Waals surface area contributed by atoms with Crippen LogP contribution in [0.2, 0.25) is 0 Å². The number of hydrogen-bond acceptors (Lipinski definition) is 5. The first-order valence-corrected chi connectivity index (χ1v) is 12.3. The van der Waals surface area contributed by atoms with Crippen LogP contribution in [0.25, 0.3) is 0 Å². The summed E-state index contributed by atoms with van der Waals surface area (Å²) < 4.78 is 63.4. The average molecular weight is 511 g/mol. The highest BCUT2D eigenvalue weighted by Gasteiger charge is 2.31. The lowest BCUT2D eigenvalue weighted by Gasteiger charge is -2.24. The summed E-state index contributed by atoms with van der Waals surface area (Å²) in [6.45, 7) is 3.89. The minimum Gasteiger partial charge on any atom is -0.352 e. The summed E-state index contributed by atoms with van der Waals surface area (Å²) in [7, 11) is -3.59. The van der Waals surface area contributed by atoms with Gasteiger partial charge in [-0.25, -0.2) is 13.1 Å². The monoisotopic (exact) mass is 510 g/mol. The molecule has 2 aromatic rings. The lowest BCUT2D eigenvalue weighted by atomic mass is 10.1. The summed E-state index contributed by atoms with van der Waals surface area (Å²) in [5.74, 6) is -0.651. The summed E-state index contributed by atoms with van der Waals surface area (Å²) in [6, 6.07) is 7.34. The predicted molar refractivity (Wildman–Crippen MR) is 122 cm³/mol. The average Bonchev–Trinajstić information content (AvgIpc) is 3.30. The molecule has 1 atom stereocenters. The van der Waals surface area contributed by atoms with Crippen molar-refractivity contribution in [2.75, 3.05) is 13.1 Å². The number of likely N-dealkylation sites (tertiary alicyclic amines) is 1. The summed E-state index contributed by atoms with van der Waals surface area (Å²) in [4.78, 5) is 30.8. The second-order valence-electron chi connectivity index (χ2n) is 8.04. The van der Waals surface area contributed by atoms with Crippen LogP contribution in [-0.4, -0.2) is 49.2 Å². The summed E-state index contributed by atoms with van der Waals surface area (Å²) in [6.07, 6.45) is -1.71. The number of benzene rings is 1. The quantitative estimate of drug-likeness (QED) is 0.539. The molecule has 1 fully saturated rings. The third-order valence-electron chi connectivity index (χ3n) is 5.56. The van der Waals surface area contributed by atoms with E-state index in [1.54, 1.807) is 17.0 Å². The molecular formula is C23H25F3N4O4S. The number of alkyl halides is 3. The Morgan fingerprint density at radius 3 is 2.49 bits per heavy atom. The van der Waals surface area contributed by atoms with Gasteiger partial charge in [0.05, 0.1) is 17.5 Å². The van der Waals surface area contributed by atoms with E-state index in [0.29, 0.717) is 29.8 Å². The Balaban J connectivity index is 1.52. The van der Waals surface area contributed by atoms with Gasteiger partial charge in [0.2, 0.25) is 15.9 Å². The zero-order valence-electron chi connectivity index (χ0n) is 18.7. The molecule has 8 nitrogen and oxygen atoms in total. The van der Waals surface area contributed by atoms with Gasteiger partial charge in [0.1, 0.15) is 0 Å². The maximum absolute atomic E-state index is 12.9. The summed E-state index contributed by atoms with van der Waals surface area (Å²) in [5, 5.41) is 3.44. The molecule has 1 saturated heterocycles. The van der Waals surface area contributed by atoms with E-state index in [1.807, 2.05) is 0 Å². The molecular weight excluding hydrogens is 485 g/mol. The minimum atomic E-state index is -4.42. The first kappa shape index (κ1) is 26.4. The SMILES string of the molecule is C=CS(=O)(=O)NCC1CCCN1C(=O)c1ccc(CC(=O)NCc2ccc(C(F)(F)F)cc2)nc1. The van der Waals surface area contributed by atoms with E-state index < -0.39 is 21.8 Å². The number of nitrogens with zero attached hydrogens (tertiary/aromatic N) is 2. The standard InChI is InChI=1S/C23H25F3N4O4S/c1-2-35(33,34)29-15-20-4-3-11-30(20)22(32)17-7-10-19(27-14-17)12-21(31)28-13-16-5-8-18(9-6-16)23(24,25)26/h2,5-10,14,20,29H,1,3-4,11-13,15H2,(H,28,31). The molecule has 3 rings (SSSR count). The molecule has 1 aromatic carbocycles. The minimum absolute atomic E-state index is 0.0647. The Labute approximate surface area is 201 Å². The first-order valence-electron chi connectivity index (χ1n) is 10.8. The zero-order valence-corrected chi connectivity index (χ0v) is 19.5. The molecule has 2 heterocycles. The Morgan fingerprint density at radius 2 is 1.89 bits per heavy atom. The third kappa shape index (κ3) is 7.36. The second-order valence-corrected chi connectivity index (χ2v) is 9.75. The smallest absolute Gasteiger partial charge is 0.352 e. The lowest BCUT2D eigenvalue weighted by Crippen LogP contribution is -2.42. The molecule has 0 saturated carbocycles. The van der Waals surface area contributed by atoms with E-state index >= 15 is 0 Å². The number of rotatable bonds is 9. The van der Waals surface area contributed by atoms with Crippen LogP contribution in [0.15, 0.2) is 54.6 Å². The molecule has 0 aliphatic carbocycles. The molecule has 2 N–H and O–H groups in total. The maximum atomic E-state index is 12.9. The molecule has 35 heavy (non-hydrogen) atoms. The highest BCUT2D eigenvalue weighted by molar-refractivity contribution is 7.92. The van der Waals surface area contributed by atoms with Gasteiger partial charge < -0.3 is 10.2 Å². The molecule has 2 amide bonds. The van der Waals surface area contributed by atoms with Crippen molar-refractivity contribution in [2.45, 2.75) is 38.0 Å². The van der Waals surface area contributed by atoms with Crippen molar-refractivity contribution in [3.63, 3.8) is 0 Å². The maximum Gasteiger partial charge on any atom is 0.416 e. The number of pyridine rings is 1. The molecule has 1 unspecified atom stereocenters. The Bertz CT molecular complexity index is 1170. The summed E-state index contributed by atoms with van der Waals surface area (Å²) in [5.41, 5.74) is 0.501. The van der Waals surface area contributed by atoms with Crippen molar-refractivity contribution in [3.05, 3.63) is 77.0 Å². The molecule has 0 radical (unpaired) electrons. The lowest BCUT2D eigenvalue weighted by molar-refractivity contribution is -0.137. The van der Waals surface area contributed by atoms with Crippen LogP contribution in [-0.2, 0) is 34.0 Å². The molecule has 0 bridgehead atoms. The summed E-state index contributed by atoms with van der Waals surface area (Å²) >= 11 is 0. The highest BCUT2D eigenvalue weighted by atomic mass is 32.2. The van der Waals surface area contributed by atoms with Gasteiger partial charge in [0.15, 0.2) is 0 Å². The van der Waals surface area contributed by atoms with Crippen LogP contribution in [0.3, 0.4) is 0 Å².